The van der Waals surface area contributed by atoms with Crippen molar-refractivity contribution in [3.05, 3.63) is 87.1 Å². The quantitative estimate of drug-likeness (QED) is 0.454. The van der Waals surface area contributed by atoms with Gasteiger partial charge in [-0.1, -0.05) is 11.6 Å². The van der Waals surface area contributed by atoms with Gasteiger partial charge >= 0.3 is 6.18 Å². The summed E-state index contributed by atoms with van der Waals surface area (Å²) >= 11 is 6.25. The number of aromatic nitrogens is 1. The lowest BCUT2D eigenvalue weighted by atomic mass is 9.98. The zero-order valence-electron chi connectivity index (χ0n) is 18.2. The van der Waals surface area contributed by atoms with Gasteiger partial charge in [0.15, 0.2) is 0 Å². The fraction of sp³-hybridized carbons (Fsp3) is 0.208. The molecule has 3 heterocycles. The minimum Gasteiger partial charge on any atom is -0.356 e. The summed E-state index contributed by atoms with van der Waals surface area (Å²) in [5.74, 6) is -3.12. The van der Waals surface area contributed by atoms with Gasteiger partial charge < -0.3 is 15.5 Å². The van der Waals surface area contributed by atoms with Crippen molar-refractivity contribution in [1.29, 1.82) is 0 Å². The van der Waals surface area contributed by atoms with Crippen molar-refractivity contribution in [2.24, 2.45) is 0 Å². The summed E-state index contributed by atoms with van der Waals surface area (Å²) in [5, 5.41) is 5.30. The second-order valence-corrected chi connectivity index (χ2v) is 8.79. The first-order valence-electron chi connectivity index (χ1n) is 10.8. The molecule has 1 aromatic heterocycles. The van der Waals surface area contributed by atoms with Crippen LogP contribution in [0.5, 0.6) is 0 Å². The van der Waals surface area contributed by atoms with Crippen molar-refractivity contribution < 1.29 is 31.5 Å². The number of carbonyl (C=O) groups excluding carboxylic acids is 2. The number of hydrogen-bond donors (Lipinski definition) is 2. The molecule has 1 atom stereocenters. The number of rotatable bonds is 4. The number of fused-ring (bicyclic) bond motifs is 1. The van der Waals surface area contributed by atoms with Crippen LogP contribution in [0.15, 0.2) is 42.5 Å². The number of pyridine rings is 1. The molecular weight excluding hydrogens is 507 g/mol. The molecule has 0 radical (unpaired) electrons. The van der Waals surface area contributed by atoms with E-state index >= 15 is 0 Å². The van der Waals surface area contributed by atoms with Crippen LogP contribution >= 0.6 is 11.6 Å². The maximum Gasteiger partial charge on any atom is 0.416 e. The zero-order chi connectivity index (χ0) is 25.8. The van der Waals surface area contributed by atoms with Crippen molar-refractivity contribution >= 4 is 34.9 Å². The average Bonchev–Trinajstić information content (AvgIpc) is 3.10. The average molecular weight is 523 g/mol. The van der Waals surface area contributed by atoms with E-state index in [0.717, 1.165) is 18.6 Å². The molecular formula is C24H16ClF5N4O2. The molecule has 12 heteroatoms. The minimum atomic E-state index is -4.87. The lowest BCUT2D eigenvalue weighted by molar-refractivity contribution is -0.137. The Morgan fingerprint density at radius 1 is 1.08 bits per heavy atom. The highest BCUT2D eigenvalue weighted by molar-refractivity contribution is 6.31. The number of amides is 2. The Morgan fingerprint density at radius 2 is 1.83 bits per heavy atom. The predicted octanol–water partition coefficient (Wildman–Crippen LogP) is 5.33. The van der Waals surface area contributed by atoms with Crippen molar-refractivity contribution in [3.63, 3.8) is 0 Å². The zero-order valence-corrected chi connectivity index (χ0v) is 19.0. The van der Waals surface area contributed by atoms with Crippen molar-refractivity contribution in [3.8, 4) is 0 Å². The molecule has 2 amide bonds. The molecule has 2 aromatic carbocycles. The van der Waals surface area contributed by atoms with Crippen molar-refractivity contribution in [1.82, 2.24) is 10.3 Å². The number of carbonyl (C=O) groups is 2. The summed E-state index contributed by atoms with van der Waals surface area (Å²) in [6.07, 6.45) is -3.98. The van der Waals surface area contributed by atoms with Gasteiger partial charge in [0.25, 0.3) is 11.8 Å². The molecule has 0 aliphatic carbocycles. The molecule has 1 saturated heterocycles. The number of anilines is 2. The van der Waals surface area contributed by atoms with Gasteiger partial charge in [-0.25, -0.2) is 13.8 Å². The third-order valence-corrected chi connectivity index (χ3v) is 6.35. The monoisotopic (exact) mass is 522 g/mol. The van der Waals surface area contributed by atoms with Crippen molar-refractivity contribution in [2.45, 2.75) is 18.6 Å². The topological polar surface area (TPSA) is 74.3 Å². The number of hydrogen-bond acceptors (Lipinski definition) is 4. The Labute approximate surface area is 206 Å². The first-order valence-corrected chi connectivity index (χ1v) is 11.1. The van der Waals surface area contributed by atoms with E-state index in [1.54, 1.807) is 0 Å². The molecule has 0 spiro atoms. The van der Waals surface area contributed by atoms with Crippen LogP contribution in [0.3, 0.4) is 0 Å². The molecule has 36 heavy (non-hydrogen) atoms. The van der Waals surface area contributed by atoms with Gasteiger partial charge in [-0.2, -0.15) is 13.2 Å². The molecule has 3 aromatic rings. The standard InChI is InChI=1S/C24H16ClF5N4O2/c25-16-3-2-13(26)9-15(16)20-19-17(10-18(34-4-1-5-34)32-21(19)23(36)33-20)31-22(35)11-6-12(24(28,29)30)8-14(27)7-11/h2-3,6-10,20H,1,4-5H2,(H,33,36)(H,31,32,35). The second kappa shape index (κ2) is 8.74. The van der Waals surface area contributed by atoms with Gasteiger partial charge in [0, 0.05) is 40.9 Å². The highest BCUT2D eigenvalue weighted by Gasteiger charge is 2.37. The van der Waals surface area contributed by atoms with E-state index in [2.05, 4.69) is 15.6 Å². The molecule has 1 fully saturated rings. The van der Waals surface area contributed by atoms with E-state index in [1.807, 2.05) is 4.90 Å². The van der Waals surface area contributed by atoms with Crippen LogP contribution in [0.2, 0.25) is 5.02 Å². The Balaban J connectivity index is 1.61. The summed E-state index contributed by atoms with van der Waals surface area (Å²) in [5.41, 5.74) is -1.53. The Bertz CT molecular complexity index is 1410. The summed E-state index contributed by atoms with van der Waals surface area (Å²) < 4.78 is 67.4. The molecule has 0 bridgehead atoms. The van der Waals surface area contributed by atoms with Gasteiger partial charge in [-0.15, -0.1) is 0 Å². The van der Waals surface area contributed by atoms with Crippen LogP contribution in [0.4, 0.5) is 33.5 Å². The maximum atomic E-state index is 14.0. The second-order valence-electron chi connectivity index (χ2n) is 8.38. The first kappa shape index (κ1) is 24.0. The number of benzene rings is 2. The summed E-state index contributed by atoms with van der Waals surface area (Å²) in [6, 6.07) is 5.53. The van der Waals surface area contributed by atoms with E-state index in [1.165, 1.54) is 12.1 Å². The van der Waals surface area contributed by atoms with Crippen LogP contribution < -0.4 is 15.5 Å². The third-order valence-electron chi connectivity index (χ3n) is 6.01. The maximum absolute atomic E-state index is 14.0. The van der Waals surface area contributed by atoms with Crippen LogP contribution in [0, 0.1) is 11.6 Å². The Morgan fingerprint density at radius 3 is 2.50 bits per heavy atom. The Kier molecular flexibility index (Phi) is 5.82. The number of alkyl halides is 3. The molecule has 1 unspecified atom stereocenters. The smallest absolute Gasteiger partial charge is 0.356 e. The van der Waals surface area contributed by atoms with Gasteiger partial charge in [0.1, 0.15) is 23.1 Å². The number of nitrogens with one attached hydrogen (secondary N) is 2. The molecule has 2 aliphatic heterocycles. The van der Waals surface area contributed by atoms with Gasteiger partial charge in [-0.05, 0) is 42.8 Å². The fourth-order valence-corrected chi connectivity index (χ4v) is 4.36. The van der Waals surface area contributed by atoms with Gasteiger partial charge in [0.05, 0.1) is 17.3 Å². The highest BCUT2D eigenvalue weighted by atomic mass is 35.5. The van der Waals surface area contributed by atoms with E-state index in [0.29, 0.717) is 31.0 Å². The molecule has 186 valence electrons. The van der Waals surface area contributed by atoms with E-state index in [4.69, 9.17) is 11.6 Å². The van der Waals surface area contributed by atoms with Crippen LogP contribution in [-0.2, 0) is 6.18 Å². The molecule has 5 rings (SSSR count). The summed E-state index contributed by atoms with van der Waals surface area (Å²) in [4.78, 5) is 32.0. The van der Waals surface area contributed by atoms with Crippen molar-refractivity contribution in [2.75, 3.05) is 23.3 Å². The lowest BCUT2D eigenvalue weighted by Crippen LogP contribution is -2.38. The van der Waals surface area contributed by atoms with Gasteiger partial charge in [-0.3, -0.25) is 9.59 Å². The summed E-state index contributed by atoms with van der Waals surface area (Å²) in [7, 11) is 0. The lowest BCUT2D eigenvalue weighted by Gasteiger charge is -2.32. The summed E-state index contributed by atoms with van der Waals surface area (Å²) in [6.45, 7) is 1.30. The first-order chi connectivity index (χ1) is 17.0. The molecule has 2 N–H and O–H groups in total. The van der Waals surface area contributed by atoms with Crippen LogP contribution in [-0.4, -0.2) is 29.9 Å². The Hall–Kier alpha value is -3.73. The largest absolute Gasteiger partial charge is 0.416 e. The molecule has 2 aliphatic rings. The third kappa shape index (κ3) is 4.34. The van der Waals surface area contributed by atoms with E-state index in [-0.39, 0.29) is 33.6 Å². The molecule has 0 saturated carbocycles. The fourth-order valence-electron chi connectivity index (χ4n) is 4.14. The van der Waals surface area contributed by atoms with Gasteiger partial charge in [0.2, 0.25) is 0 Å². The number of halogens is 6. The van der Waals surface area contributed by atoms with E-state index in [9.17, 15) is 31.5 Å². The van der Waals surface area contributed by atoms with E-state index < -0.39 is 46.8 Å². The van der Waals surface area contributed by atoms with Crippen LogP contribution in [0.25, 0.3) is 0 Å². The van der Waals surface area contributed by atoms with Crippen LogP contribution in [0.1, 0.15) is 50.0 Å². The highest BCUT2D eigenvalue weighted by Crippen LogP contribution is 2.41. The number of nitrogens with zero attached hydrogens (tertiary/aromatic N) is 2. The normalized spacial score (nSPS) is 16.9. The molecule has 6 nitrogen and oxygen atoms in total. The SMILES string of the molecule is O=C(Nc1cc(N2CCC2)nc2c1C(c1cc(F)ccc1Cl)NC2=O)c1cc(F)cc(C(F)(F)F)c1. The minimum absolute atomic E-state index is 0.0461. The predicted molar refractivity (Wildman–Crippen MR) is 121 cm³/mol.